The molecule has 0 radical (unpaired) electrons. The molecule has 8 nitrogen and oxygen atoms in total. The molecule has 0 saturated carbocycles. The van der Waals surface area contributed by atoms with Gasteiger partial charge in [0.15, 0.2) is 5.65 Å². The minimum absolute atomic E-state index is 0.0461. The Hall–Kier alpha value is -3.29. The van der Waals surface area contributed by atoms with Gasteiger partial charge in [0.1, 0.15) is 0 Å². The third-order valence-electron chi connectivity index (χ3n) is 3.73. The largest absolute Gasteiger partial charge is 0.465 e. The summed E-state index contributed by atoms with van der Waals surface area (Å²) in [4.78, 5) is 27.2. The molecule has 0 spiro atoms. The van der Waals surface area contributed by atoms with Crippen LogP contribution in [-0.2, 0) is 11.8 Å². The van der Waals surface area contributed by atoms with E-state index in [0.717, 1.165) is 0 Å². The van der Waals surface area contributed by atoms with E-state index in [9.17, 15) is 14.9 Å². The normalized spacial score (nSPS) is 10.8. The highest BCUT2D eigenvalue weighted by Crippen LogP contribution is 2.28. The number of rotatable bonds is 3. The average Bonchev–Trinajstić information content (AvgIpc) is 2.88. The number of carbonyl (C=O) groups is 1. The molecule has 3 aromatic rings. The van der Waals surface area contributed by atoms with Crippen LogP contribution in [0.1, 0.15) is 16.1 Å². The van der Waals surface area contributed by atoms with Crippen LogP contribution in [0.3, 0.4) is 0 Å². The van der Waals surface area contributed by atoms with Crippen LogP contribution in [0.5, 0.6) is 0 Å². The zero-order chi connectivity index (χ0) is 17.4. The molecule has 0 aliphatic heterocycles. The molecular weight excluding hydrogens is 312 g/mol. The fraction of sp³-hybridized carbons (Fsp3) is 0.188. The van der Waals surface area contributed by atoms with Crippen LogP contribution in [0, 0.1) is 17.0 Å². The lowest BCUT2D eigenvalue weighted by Gasteiger charge is -2.07. The molecule has 24 heavy (non-hydrogen) atoms. The van der Waals surface area contributed by atoms with Gasteiger partial charge >= 0.3 is 5.97 Å². The molecular formula is C16H14N4O4. The summed E-state index contributed by atoms with van der Waals surface area (Å²) >= 11 is 0. The van der Waals surface area contributed by atoms with Gasteiger partial charge in [-0.1, -0.05) is 12.1 Å². The van der Waals surface area contributed by atoms with Crippen molar-refractivity contribution in [2.45, 2.75) is 6.92 Å². The van der Waals surface area contributed by atoms with E-state index >= 15 is 0 Å². The minimum atomic E-state index is -0.509. The molecule has 0 unspecified atom stereocenters. The van der Waals surface area contributed by atoms with Crippen molar-refractivity contribution >= 4 is 22.7 Å². The zero-order valence-electron chi connectivity index (χ0n) is 13.3. The van der Waals surface area contributed by atoms with Gasteiger partial charge in [-0.05, 0) is 13.0 Å². The number of carbonyl (C=O) groups excluding carboxylic acids is 1. The number of benzene rings is 1. The van der Waals surface area contributed by atoms with Crippen LogP contribution < -0.4 is 0 Å². The molecule has 0 bridgehead atoms. The summed E-state index contributed by atoms with van der Waals surface area (Å²) in [5, 5.41) is 15.9. The zero-order valence-corrected chi connectivity index (χ0v) is 13.3. The number of nitro groups is 1. The second-order valence-corrected chi connectivity index (χ2v) is 5.26. The highest BCUT2D eigenvalue weighted by molar-refractivity contribution is 6.04. The molecule has 0 fully saturated rings. The van der Waals surface area contributed by atoms with Gasteiger partial charge in [0.05, 0.1) is 34.4 Å². The van der Waals surface area contributed by atoms with E-state index in [1.807, 2.05) is 0 Å². The predicted octanol–water partition coefficient (Wildman–Crippen LogP) is 2.64. The van der Waals surface area contributed by atoms with Crippen LogP contribution in [0.25, 0.3) is 22.3 Å². The Labute approximate surface area is 136 Å². The number of aromatic nitrogens is 3. The van der Waals surface area contributed by atoms with Crippen molar-refractivity contribution in [3.05, 3.63) is 51.7 Å². The smallest absolute Gasteiger partial charge is 0.338 e. The first-order chi connectivity index (χ1) is 11.4. The van der Waals surface area contributed by atoms with Crippen molar-refractivity contribution < 1.29 is 14.5 Å². The summed E-state index contributed by atoms with van der Waals surface area (Å²) in [6, 6.07) is 7.66. The van der Waals surface area contributed by atoms with Gasteiger partial charge in [-0.3, -0.25) is 14.8 Å². The van der Waals surface area contributed by atoms with E-state index in [1.54, 1.807) is 36.9 Å². The quantitative estimate of drug-likeness (QED) is 0.417. The molecule has 3 rings (SSSR count). The van der Waals surface area contributed by atoms with Crippen LogP contribution in [-0.4, -0.2) is 32.8 Å². The summed E-state index contributed by atoms with van der Waals surface area (Å²) in [6.07, 6.45) is 0. The van der Waals surface area contributed by atoms with Crippen LogP contribution >= 0.6 is 0 Å². The van der Waals surface area contributed by atoms with Gasteiger partial charge in [0, 0.05) is 24.7 Å². The third kappa shape index (κ3) is 2.47. The lowest BCUT2D eigenvalue weighted by Crippen LogP contribution is -2.04. The first-order valence-corrected chi connectivity index (χ1v) is 7.10. The third-order valence-corrected chi connectivity index (χ3v) is 3.73. The van der Waals surface area contributed by atoms with Gasteiger partial charge in [-0.25, -0.2) is 9.78 Å². The second-order valence-electron chi connectivity index (χ2n) is 5.26. The maximum Gasteiger partial charge on any atom is 0.338 e. The summed E-state index contributed by atoms with van der Waals surface area (Å²) < 4.78 is 6.42. The maximum atomic E-state index is 12.2. The minimum Gasteiger partial charge on any atom is -0.465 e. The number of hydrogen-bond acceptors (Lipinski definition) is 6. The van der Waals surface area contributed by atoms with E-state index in [2.05, 4.69) is 10.1 Å². The Morgan fingerprint density at radius 3 is 2.75 bits per heavy atom. The van der Waals surface area contributed by atoms with Gasteiger partial charge < -0.3 is 4.74 Å². The fourth-order valence-corrected chi connectivity index (χ4v) is 2.64. The van der Waals surface area contributed by atoms with Crippen molar-refractivity contribution in [1.29, 1.82) is 0 Å². The number of fused-ring (bicyclic) bond motifs is 1. The molecule has 1 aromatic carbocycles. The van der Waals surface area contributed by atoms with Crippen LogP contribution in [0.2, 0.25) is 0 Å². The molecule has 0 aliphatic rings. The summed E-state index contributed by atoms with van der Waals surface area (Å²) in [6.45, 7) is 1.78. The number of methoxy groups -OCH3 is 1. The molecule has 0 N–H and O–H groups in total. The van der Waals surface area contributed by atoms with Crippen LogP contribution in [0.15, 0.2) is 30.3 Å². The van der Waals surface area contributed by atoms with Crippen molar-refractivity contribution in [3.8, 4) is 11.3 Å². The van der Waals surface area contributed by atoms with Gasteiger partial charge in [-0.15, -0.1) is 0 Å². The number of nitro benzene ring substituents is 1. The van der Waals surface area contributed by atoms with E-state index < -0.39 is 10.9 Å². The number of ether oxygens (including phenoxy) is 1. The molecule has 0 saturated heterocycles. The van der Waals surface area contributed by atoms with Gasteiger partial charge in [-0.2, -0.15) is 5.10 Å². The Morgan fingerprint density at radius 2 is 2.08 bits per heavy atom. The number of aryl methyl sites for hydroxylation is 2. The Balaban J connectivity index is 2.30. The Bertz CT molecular complexity index is 978. The standard InChI is InChI=1S/C16H14N4O4/c1-9-14-12(16(21)24-3)8-13(17-15(14)19(2)18-9)10-5-4-6-11(7-10)20(22)23/h4-8H,1-3H3. The lowest BCUT2D eigenvalue weighted by molar-refractivity contribution is -0.384. The predicted molar refractivity (Wildman–Crippen MR) is 86.7 cm³/mol. The molecule has 0 amide bonds. The Morgan fingerprint density at radius 1 is 1.33 bits per heavy atom. The maximum absolute atomic E-state index is 12.2. The lowest BCUT2D eigenvalue weighted by atomic mass is 10.1. The molecule has 2 heterocycles. The number of esters is 1. The number of pyridine rings is 1. The number of hydrogen-bond donors (Lipinski definition) is 0. The summed E-state index contributed by atoms with van der Waals surface area (Å²) in [7, 11) is 3.02. The topological polar surface area (TPSA) is 100 Å². The van der Waals surface area contributed by atoms with Crippen LogP contribution in [0.4, 0.5) is 5.69 Å². The SMILES string of the molecule is COC(=O)c1cc(-c2cccc([N+](=O)[O-])c2)nc2c1c(C)nn2C. The number of non-ortho nitro benzene ring substituents is 1. The molecule has 8 heteroatoms. The molecule has 0 aliphatic carbocycles. The van der Waals surface area contributed by atoms with Crippen molar-refractivity contribution in [1.82, 2.24) is 14.8 Å². The molecule has 122 valence electrons. The average molecular weight is 326 g/mol. The fourth-order valence-electron chi connectivity index (χ4n) is 2.64. The highest BCUT2D eigenvalue weighted by Gasteiger charge is 2.20. The first kappa shape index (κ1) is 15.6. The van der Waals surface area contributed by atoms with Crippen molar-refractivity contribution in [3.63, 3.8) is 0 Å². The first-order valence-electron chi connectivity index (χ1n) is 7.10. The number of nitrogens with zero attached hydrogens (tertiary/aromatic N) is 4. The van der Waals surface area contributed by atoms with E-state index in [-0.39, 0.29) is 5.69 Å². The van der Waals surface area contributed by atoms with E-state index in [4.69, 9.17) is 4.74 Å². The molecule has 2 aromatic heterocycles. The molecule has 0 atom stereocenters. The van der Waals surface area contributed by atoms with Gasteiger partial charge in [0.2, 0.25) is 0 Å². The van der Waals surface area contributed by atoms with Crippen molar-refractivity contribution in [2.75, 3.05) is 7.11 Å². The monoisotopic (exact) mass is 326 g/mol. The summed E-state index contributed by atoms with van der Waals surface area (Å²) in [5.74, 6) is -0.509. The van der Waals surface area contributed by atoms with Gasteiger partial charge in [0.25, 0.3) is 5.69 Å². The summed E-state index contributed by atoms with van der Waals surface area (Å²) in [5.41, 5.74) is 2.43. The second kappa shape index (κ2) is 5.73. The highest BCUT2D eigenvalue weighted by atomic mass is 16.6. The van der Waals surface area contributed by atoms with E-state index in [1.165, 1.54) is 19.2 Å². The Kier molecular flexibility index (Phi) is 3.72. The van der Waals surface area contributed by atoms with E-state index in [0.29, 0.717) is 33.5 Å². The van der Waals surface area contributed by atoms with Crippen molar-refractivity contribution in [2.24, 2.45) is 7.05 Å².